The van der Waals surface area contributed by atoms with E-state index in [-0.39, 0.29) is 12.1 Å². The van der Waals surface area contributed by atoms with Crippen LogP contribution in [-0.4, -0.2) is 26.4 Å². The fraction of sp³-hybridized carbons (Fsp3) is 0.375. The van der Waals surface area contributed by atoms with E-state index in [0.29, 0.717) is 10.9 Å². The number of nitrogens with zero attached hydrogens (tertiary/aromatic N) is 2. The smallest absolute Gasteiger partial charge is 0.309 e. The van der Waals surface area contributed by atoms with Crippen LogP contribution in [-0.2, 0) is 11.3 Å². The Labute approximate surface area is 83.8 Å². The van der Waals surface area contributed by atoms with Gasteiger partial charge < -0.3 is 5.11 Å². The van der Waals surface area contributed by atoms with E-state index in [0.717, 1.165) is 0 Å². The highest BCUT2D eigenvalue weighted by atomic mass is 32.2. The van der Waals surface area contributed by atoms with Gasteiger partial charge in [-0.3, -0.25) is 14.2 Å². The quantitative estimate of drug-likeness (QED) is 0.666. The van der Waals surface area contributed by atoms with Crippen molar-refractivity contribution in [2.45, 2.75) is 11.7 Å². The third-order valence-electron chi connectivity index (χ3n) is 2.06. The molecule has 0 spiro atoms. The Bertz CT molecular complexity index is 429. The molecule has 0 unspecified atom stereocenters. The van der Waals surface area contributed by atoms with Crippen molar-refractivity contribution in [1.29, 1.82) is 0 Å². The summed E-state index contributed by atoms with van der Waals surface area (Å²) >= 11 is 1.31. The maximum Gasteiger partial charge on any atom is 0.309 e. The van der Waals surface area contributed by atoms with Crippen molar-refractivity contribution in [3.63, 3.8) is 0 Å². The van der Waals surface area contributed by atoms with Crippen molar-refractivity contribution in [2.24, 2.45) is 5.92 Å². The van der Waals surface area contributed by atoms with Crippen molar-refractivity contribution in [3.05, 3.63) is 22.6 Å². The Balaban J connectivity index is 2.38. The molecule has 0 amide bonds. The molecule has 2 heterocycles. The van der Waals surface area contributed by atoms with Gasteiger partial charge in [-0.05, 0) is 0 Å². The van der Waals surface area contributed by atoms with E-state index in [1.165, 1.54) is 28.6 Å². The zero-order chi connectivity index (χ0) is 10.1. The molecule has 0 aliphatic carbocycles. The molecule has 1 N–H and O–H groups in total. The monoisotopic (exact) mass is 212 g/mol. The molecule has 1 aromatic heterocycles. The first-order valence-corrected chi connectivity index (χ1v) is 5.08. The topological polar surface area (TPSA) is 72.2 Å². The lowest BCUT2D eigenvalue weighted by molar-refractivity contribution is -0.141. The molecule has 14 heavy (non-hydrogen) atoms. The van der Waals surface area contributed by atoms with Crippen LogP contribution in [0.15, 0.2) is 22.2 Å². The number of hydrogen-bond donors (Lipinski definition) is 1. The predicted molar refractivity (Wildman–Crippen MR) is 50.3 cm³/mol. The molecule has 0 saturated heterocycles. The third kappa shape index (κ3) is 1.52. The highest BCUT2D eigenvalue weighted by Crippen LogP contribution is 2.24. The van der Waals surface area contributed by atoms with Crippen LogP contribution in [0.1, 0.15) is 0 Å². The number of thioether (sulfide) groups is 1. The van der Waals surface area contributed by atoms with Crippen LogP contribution >= 0.6 is 11.8 Å². The van der Waals surface area contributed by atoms with Gasteiger partial charge in [0.25, 0.3) is 5.56 Å². The Hall–Kier alpha value is -1.30. The maximum atomic E-state index is 11.3. The van der Waals surface area contributed by atoms with Gasteiger partial charge in [0.2, 0.25) is 0 Å². The van der Waals surface area contributed by atoms with Crippen LogP contribution in [0.4, 0.5) is 0 Å². The van der Waals surface area contributed by atoms with Gasteiger partial charge in [0.05, 0.1) is 5.92 Å². The van der Waals surface area contributed by atoms with E-state index >= 15 is 0 Å². The highest BCUT2D eigenvalue weighted by Gasteiger charge is 2.25. The average Bonchev–Trinajstić information content (AvgIpc) is 2.18. The number of rotatable bonds is 1. The van der Waals surface area contributed by atoms with Gasteiger partial charge >= 0.3 is 5.97 Å². The van der Waals surface area contributed by atoms with Gasteiger partial charge in [0.15, 0.2) is 5.16 Å². The summed E-state index contributed by atoms with van der Waals surface area (Å²) in [6.45, 7) is 0.227. The maximum absolute atomic E-state index is 11.3. The van der Waals surface area contributed by atoms with Crippen LogP contribution in [0.2, 0.25) is 0 Å². The van der Waals surface area contributed by atoms with Crippen molar-refractivity contribution in [1.82, 2.24) is 9.55 Å². The van der Waals surface area contributed by atoms with Crippen LogP contribution in [0.3, 0.4) is 0 Å². The van der Waals surface area contributed by atoms with E-state index in [1.54, 1.807) is 0 Å². The molecule has 74 valence electrons. The summed E-state index contributed by atoms with van der Waals surface area (Å²) in [4.78, 5) is 26.1. The Morgan fingerprint density at radius 1 is 1.71 bits per heavy atom. The van der Waals surface area contributed by atoms with Crippen LogP contribution < -0.4 is 5.56 Å². The van der Waals surface area contributed by atoms with E-state index in [9.17, 15) is 9.59 Å². The van der Waals surface area contributed by atoms with Gasteiger partial charge in [-0.15, -0.1) is 0 Å². The Morgan fingerprint density at radius 3 is 3.21 bits per heavy atom. The number of aliphatic carboxylic acids is 1. The molecule has 0 bridgehead atoms. The average molecular weight is 212 g/mol. The molecule has 2 rings (SSSR count). The summed E-state index contributed by atoms with van der Waals surface area (Å²) in [7, 11) is 0. The summed E-state index contributed by atoms with van der Waals surface area (Å²) in [6.07, 6.45) is 1.45. The molecule has 5 nitrogen and oxygen atoms in total. The molecular formula is C8H8N2O3S. The molecule has 1 aliphatic heterocycles. The number of carboxylic acids is 1. The number of hydrogen-bond acceptors (Lipinski definition) is 4. The molecule has 0 saturated carbocycles. The summed E-state index contributed by atoms with van der Waals surface area (Å²) in [6, 6.07) is 1.34. The first-order chi connectivity index (χ1) is 6.68. The largest absolute Gasteiger partial charge is 0.481 e. The number of carbonyl (C=O) groups is 1. The lowest BCUT2D eigenvalue weighted by atomic mass is 10.2. The normalized spacial score (nSPS) is 20.1. The molecule has 0 aromatic carbocycles. The zero-order valence-corrected chi connectivity index (χ0v) is 8.03. The first-order valence-electron chi connectivity index (χ1n) is 4.10. The van der Waals surface area contributed by atoms with E-state index in [4.69, 9.17) is 5.11 Å². The van der Waals surface area contributed by atoms with Gasteiger partial charge in [-0.2, -0.15) is 0 Å². The lowest BCUT2D eigenvalue weighted by Crippen LogP contribution is -2.33. The van der Waals surface area contributed by atoms with Crippen LogP contribution in [0, 0.1) is 5.92 Å². The van der Waals surface area contributed by atoms with E-state index in [1.807, 2.05) is 0 Å². The third-order valence-corrected chi connectivity index (χ3v) is 3.22. The fourth-order valence-corrected chi connectivity index (χ4v) is 2.35. The number of aromatic nitrogens is 2. The lowest BCUT2D eigenvalue weighted by Gasteiger charge is -2.21. The van der Waals surface area contributed by atoms with Crippen molar-refractivity contribution in [2.75, 3.05) is 5.75 Å². The Morgan fingerprint density at radius 2 is 2.50 bits per heavy atom. The molecule has 1 atom stereocenters. The van der Waals surface area contributed by atoms with Gasteiger partial charge in [0, 0.05) is 24.6 Å². The summed E-state index contributed by atoms with van der Waals surface area (Å²) in [5.41, 5.74) is -0.187. The fourth-order valence-electron chi connectivity index (χ4n) is 1.30. The summed E-state index contributed by atoms with van der Waals surface area (Å²) < 4.78 is 1.41. The zero-order valence-electron chi connectivity index (χ0n) is 7.21. The van der Waals surface area contributed by atoms with Crippen LogP contribution in [0.5, 0.6) is 0 Å². The summed E-state index contributed by atoms with van der Waals surface area (Å²) in [5.74, 6) is -0.875. The predicted octanol–water partition coefficient (Wildman–Crippen LogP) is 0.0498. The van der Waals surface area contributed by atoms with Gasteiger partial charge in [-0.1, -0.05) is 11.8 Å². The molecule has 1 aliphatic rings. The van der Waals surface area contributed by atoms with Gasteiger partial charge in [0.1, 0.15) is 0 Å². The minimum Gasteiger partial charge on any atom is -0.481 e. The highest BCUT2D eigenvalue weighted by molar-refractivity contribution is 7.99. The summed E-state index contributed by atoms with van der Waals surface area (Å²) in [5, 5.41) is 9.41. The molecular weight excluding hydrogens is 204 g/mol. The standard InChI is InChI=1S/C8H8N2O3S/c11-6-1-2-9-8-10(6)3-5(4-14-8)7(12)13/h1-2,5H,3-4H2,(H,12,13)/t5-/m1/s1. The first kappa shape index (κ1) is 9.26. The minimum atomic E-state index is -0.862. The minimum absolute atomic E-state index is 0.187. The van der Waals surface area contributed by atoms with Crippen LogP contribution in [0.25, 0.3) is 0 Å². The van der Waals surface area contributed by atoms with Crippen molar-refractivity contribution < 1.29 is 9.90 Å². The SMILES string of the molecule is O=C(O)[C@H]1CSc2nccc(=O)n2C1. The molecule has 0 radical (unpaired) electrons. The molecule has 0 fully saturated rings. The second kappa shape index (κ2) is 3.45. The number of carboxylic acid groups (broad SMARTS) is 1. The second-order valence-corrected chi connectivity index (χ2v) is 4.01. The number of fused-ring (bicyclic) bond motifs is 1. The van der Waals surface area contributed by atoms with E-state index < -0.39 is 11.9 Å². The van der Waals surface area contributed by atoms with Crippen molar-refractivity contribution >= 4 is 17.7 Å². The molecule has 6 heteroatoms. The second-order valence-electron chi connectivity index (χ2n) is 3.02. The van der Waals surface area contributed by atoms with E-state index in [2.05, 4.69) is 4.98 Å². The molecule has 1 aromatic rings. The van der Waals surface area contributed by atoms with Gasteiger partial charge in [-0.25, -0.2) is 4.98 Å². The van der Waals surface area contributed by atoms with Crippen molar-refractivity contribution in [3.8, 4) is 0 Å². The Kier molecular flexibility index (Phi) is 2.28.